The predicted molar refractivity (Wildman–Crippen MR) is 72.6 cm³/mol. The largest absolute Gasteiger partial charge is 0.469 e. The first-order valence-corrected chi connectivity index (χ1v) is 6.89. The normalized spacial score (nSPS) is 16.6. The van der Waals surface area contributed by atoms with E-state index in [1.807, 2.05) is 6.92 Å². The number of carbonyl (C=O) groups is 1. The van der Waals surface area contributed by atoms with Crippen LogP contribution in [0.5, 0.6) is 0 Å². The fourth-order valence-corrected chi connectivity index (χ4v) is 2.73. The lowest BCUT2D eigenvalue weighted by atomic mass is 9.95. The highest BCUT2D eigenvalue weighted by Gasteiger charge is 2.15. The van der Waals surface area contributed by atoms with Crippen LogP contribution in [0.15, 0.2) is 18.2 Å². The molecule has 0 saturated heterocycles. The van der Waals surface area contributed by atoms with Crippen LogP contribution >= 0.6 is 0 Å². The van der Waals surface area contributed by atoms with Crippen molar-refractivity contribution in [2.24, 2.45) is 5.92 Å². The van der Waals surface area contributed by atoms with Gasteiger partial charge in [-0.25, -0.2) is 0 Å². The number of esters is 1. The molecule has 0 heterocycles. The number of carbonyl (C=O) groups excluding carboxylic acids is 1. The van der Waals surface area contributed by atoms with E-state index in [0.29, 0.717) is 0 Å². The minimum absolute atomic E-state index is 0.0566. The van der Waals surface area contributed by atoms with Crippen LogP contribution in [0.25, 0.3) is 0 Å². The van der Waals surface area contributed by atoms with Crippen LogP contribution < -0.4 is 0 Å². The van der Waals surface area contributed by atoms with E-state index in [4.69, 9.17) is 4.74 Å². The van der Waals surface area contributed by atoms with Gasteiger partial charge in [0.15, 0.2) is 0 Å². The van der Waals surface area contributed by atoms with Crippen molar-refractivity contribution in [3.8, 4) is 0 Å². The molecule has 18 heavy (non-hydrogen) atoms. The van der Waals surface area contributed by atoms with Crippen molar-refractivity contribution in [3.05, 3.63) is 34.9 Å². The molecule has 2 nitrogen and oxygen atoms in total. The predicted octanol–water partition coefficient (Wildman–Crippen LogP) is 3.31. The van der Waals surface area contributed by atoms with Crippen LogP contribution in [0.4, 0.5) is 0 Å². The first-order chi connectivity index (χ1) is 8.70. The molecule has 0 unspecified atom stereocenters. The zero-order chi connectivity index (χ0) is 13.0. The monoisotopic (exact) mass is 246 g/mol. The molecule has 0 saturated carbocycles. The van der Waals surface area contributed by atoms with Gasteiger partial charge in [0.25, 0.3) is 0 Å². The summed E-state index contributed by atoms with van der Waals surface area (Å²) in [6.07, 6.45) is 7.12. The topological polar surface area (TPSA) is 26.3 Å². The molecule has 1 aromatic carbocycles. The Balaban J connectivity index is 2.10. The fourth-order valence-electron chi connectivity index (χ4n) is 2.73. The Morgan fingerprint density at radius 2 is 1.94 bits per heavy atom. The molecule has 0 spiro atoms. The number of hydrogen-bond donors (Lipinski definition) is 0. The first-order valence-electron chi connectivity index (χ1n) is 6.89. The van der Waals surface area contributed by atoms with E-state index in [9.17, 15) is 4.79 Å². The summed E-state index contributed by atoms with van der Waals surface area (Å²) >= 11 is 0. The van der Waals surface area contributed by atoms with Crippen molar-refractivity contribution in [2.45, 2.75) is 45.4 Å². The van der Waals surface area contributed by atoms with Gasteiger partial charge in [-0.05, 0) is 48.8 Å². The second-order valence-electron chi connectivity index (χ2n) is 5.29. The van der Waals surface area contributed by atoms with Crippen molar-refractivity contribution < 1.29 is 9.53 Å². The number of rotatable bonds is 3. The van der Waals surface area contributed by atoms with Crippen molar-refractivity contribution in [1.82, 2.24) is 0 Å². The Morgan fingerprint density at radius 1 is 1.22 bits per heavy atom. The summed E-state index contributed by atoms with van der Waals surface area (Å²) in [6.45, 7) is 1.93. The highest BCUT2D eigenvalue weighted by molar-refractivity contribution is 5.72. The third-order valence-electron chi connectivity index (χ3n) is 3.81. The lowest BCUT2D eigenvalue weighted by Crippen LogP contribution is -2.15. The second kappa shape index (κ2) is 6.03. The van der Waals surface area contributed by atoms with Crippen molar-refractivity contribution in [3.63, 3.8) is 0 Å². The maximum Gasteiger partial charge on any atom is 0.308 e. The summed E-state index contributed by atoms with van der Waals surface area (Å²) in [6, 6.07) is 6.71. The van der Waals surface area contributed by atoms with Gasteiger partial charge in [0.2, 0.25) is 0 Å². The third-order valence-corrected chi connectivity index (χ3v) is 3.81. The SMILES string of the molecule is COC(=O)[C@H](C)Cc1ccc2c(c1)CCCCC2. The molecule has 2 heteroatoms. The molecule has 1 aliphatic carbocycles. The summed E-state index contributed by atoms with van der Waals surface area (Å²) in [4.78, 5) is 11.4. The molecular formula is C16H22O2. The van der Waals surface area contributed by atoms with Gasteiger partial charge in [0.1, 0.15) is 0 Å². The molecule has 0 fully saturated rings. The van der Waals surface area contributed by atoms with Crippen LogP contribution in [0.3, 0.4) is 0 Å². The second-order valence-corrected chi connectivity index (χ2v) is 5.29. The van der Waals surface area contributed by atoms with Crippen LogP contribution in [0.1, 0.15) is 42.9 Å². The van der Waals surface area contributed by atoms with Crippen molar-refractivity contribution in [2.75, 3.05) is 7.11 Å². The molecule has 0 amide bonds. The van der Waals surface area contributed by atoms with Gasteiger partial charge in [-0.3, -0.25) is 4.79 Å². The van der Waals surface area contributed by atoms with E-state index in [0.717, 1.165) is 6.42 Å². The standard InChI is InChI=1S/C16H22O2/c1-12(16(17)18-2)10-13-8-9-14-6-4-3-5-7-15(14)11-13/h8-9,11-12H,3-7,10H2,1-2H3/t12-/m1/s1. The molecular weight excluding hydrogens is 224 g/mol. The summed E-state index contributed by atoms with van der Waals surface area (Å²) < 4.78 is 4.78. The van der Waals surface area contributed by atoms with Crippen LogP contribution in [-0.2, 0) is 28.8 Å². The molecule has 98 valence electrons. The minimum Gasteiger partial charge on any atom is -0.469 e. The van der Waals surface area contributed by atoms with Crippen LogP contribution in [-0.4, -0.2) is 13.1 Å². The Morgan fingerprint density at radius 3 is 2.67 bits per heavy atom. The highest BCUT2D eigenvalue weighted by Crippen LogP contribution is 2.23. The summed E-state index contributed by atoms with van der Waals surface area (Å²) in [5.41, 5.74) is 4.25. The Hall–Kier alpha value is -1.31. The molecule has 1 aliphatic rings. The third kappa shape index (κ3) is 3.12. The zero-order valence-electron chi connectivity index (χ0n) is 11.4. The maximum absolute atomic E-state index is 11.4. The summed E-state index contributed by atoms with van der Waals surface area (Å²) in [7, 11) is 1.45. The van der Waals surface area contributed by atoms with E-state index < -0.39 is 0 Å². The molecule has 0 bridgehead atoms. The zero-order valence-corrected chi connectivity index (χ0v) is 11.4. The van der Waals surface area contributed by atoms with Gasteiger partial charge in [-0.1, -0.05) is 31.5 Å². The van der Waals surface area contributed by atoms with E-state index in [1.165, 1.54) is 55.9 Å². The molecule has 0 aromatic heterocycles. The van der Waals surface area contributed by atoms with E-state index in [2.05, 4.69) is 18.2 Å². The maximum atomic E-state index is 11.4. The van der Waals surface area contributed by atoms with Gasteiger partial charge in [0.05, 0.1) is 13.0 Å². The summed E-state index contributed by atoms with van der Waals surface area (Å²) in [5, 5.41) is 0. The number of fused-ring (bicyclic) bond motifs is 1. The molecule has 2 rings (SSSR count). The average molecular weight is 246 g/mol. The number of benzene rings is 1. The van der Waals surface area contributed by atoms with E-state index >= 15 is 0 Å². The lowest BCUT2D eigenvalue weighted by molar-refractivity contribution is -0.144. The molecule has 0 N–H and O–H groups in total. The number of aryl methyl sites for hydroxylation is 2. The molecule has 1 atom stereocenters. The summed E-state index contributed by atoms with van der Waals surface area (Å²) in [5.74, 6) is -0.177. The molecule has 0 aliphatic heterocycles. The van der Waals surface area contributed by atoms with Crippen LogP contribution in [0, 0.1) is 5.92 Å². The van der Waals surface area contributed by atoms with Crippen molar-refractivity contribution in [1.29, 1.82) is 0 Å². The Bertz CT molecular complexity index is 423. The fraction of sp³-hybridized carbons (Fsp3) is 0.562. The Labute approximate surface area is 109 Å². The van der Waals surface area contributed by atoms with Crippen molar-refractivity contribution >= 4 is 5.97 Å². The van der Waals surface area contributed by atoms with Gasteiger partial charge < -0.3 is 4.74 Å². The molecule has 1 aromatic rings. The quantitative estimate of drug-likeness (QED) is 0.604. The van der Waals surface area contributed by atoms with Gasteiger partial charge in [-0.2, -0.15) is 0 Å². The molecule has 0 radical (unpaired) electrons. The lowest BCUT2D eigenvalue weighted by Gasteiger charge is -2.12. The first kappa shape index (κ1) is 13.1. The van der Waals surface area contributed by atoms with Gasteiger partial charge in [-0.15, -0.1) is 0 Å². The van der Waals surface area contributed by atoms with Gasteiger partial charge >= 0.3 is 5.97 Å². The highest BCUT2D eigenvalue weighted by atomic mass is 16.5. The average Bonchev–Trinajstić information content (AvgIpc) is 2.62. The Kier molecular flexibility index (Phi) is 4.40. The van der Waals surface area contributed by atoms with E-state index in [1.54, 1.807) is 0 Å². The van der Waals surface area contributed by atoms with Crippen LogP contribution in [0.2, 0.25) is 0 Å². The number of ether oxygens (including phenoxy) is 1. The minimum atomic E-state index is -0.120. The van der Waals surface area contributed by atoms with Gasteiger partial charge in [0, 0.05) is 0 Å². The van der Waals surface area contributed by atoms with E-state index in [-0.39, 0.29) is 11.9 Å². The number of methoxy groups -OCH3 is 1. The number of hydrogen-bond acceptors (Lipinski definition) is 2. The smallest absolute Gasteiger partial charge is 0.308 e.